The summed E-state index contributed by atoms with van der Waals surface area (Å²) >= 11 is 0. The number of benzene rings is 2. The molecule has 0 aliphatic carbocycles. The lowest BCUT2D eigenvalue weighted by Crippen LogP contribution is -2.45. The highest BCUT2D eigenvalue weighted by Gasteiger charge is 2.23. The Morgan fingerprint density at radius 1 is 0.873 bits per heavy atom. The largest absolute Gasteiger partial charge is 0.444 e. The Morgan fingerprint density at radius 2 is 1.56 bits per heavy atom. The van der Waals surface area contributed by atoms with Gasteiger partial charge in [0.1, 0.15) is 11.4 Å². The van der Waals surface area contributed by atoms with Gasteiger partial charge in [-0.1, -0.05) is 65.3 Å². The Bertz CT molecular complexity index is 2820. The van der Waals surface area contributed by atoms with E-state index in [4.69, 9.17) is 29.9 Å². The number of aromatic nitrogens is 6. The van der Waals surface area contributed by atoms with E-state index < -0.39 is 11.7 Å². The molecule has 3 aromatic heterocycles. The summed E-state index contributed by atoms with van der Waals surface area (Å²) in [6.45, 7) is 21.7. The van der Waals surface area contributed by atoms with E-state index in [0.717, 1.165) is 118 Å². The van der Waals surface area contributed by atoms with Crippen LogP contribution in [-0.4, -0.2) is 135 Å². The molecule has 9 N–H and O–H groups in total. The minimum Gasteiger partial charge on any atom is -0.444 e. The van der Waals surface area contributed by atoms with Gasteiger partial charge in [-0.15, -0.1) is 0 Å². The molecule has 6 heterocycles. The van der Waals surface area contributed by atoms with E-state index in [2.05, 4.69) is 85.1 Å². The van der Waals surface area contributed by atoms with Crippen molar-refractivity contribution in [3.05, 3.63) is 94.3 Å². The number of aliphatic imine (C=N–C) groups is 2. The van der Waals surface area contributed by atoms with Crippen LogP contribution in [0.4, 0.5) is 22.5 Å². The Morgan fingerprint density at radius 3 is 2.24 bits per heavy atom. The van der Waals surface area contributed by atoms with Gasteiger partial charge in [-0.2, -0.15) is 29.4 Å². The number of anilines is 3. The molecule has 0 bridgehead atoms. The molecule has 428 valence electrons. The van der Waals surface area contributed by atoms with Crippen LogP contribution in [0.25, 0.3) is 5.65 Å². The van der Waals surface area contributed by atoms with E-state index in [1.807, 2.05) is 49.5 Å². The third-order valence-corrected chi connectivity index (χ3v) is 13.6. The predicted molar refractivity (Wildman–Crippen MR) is 309 cm³/mol. The number of carbonyl (C=O) groups excluding carboxylic acids is 3. The maximum atomic E-state index is 13.1. The number of nitrogens with one attached hydrogen (secondary N) is 7. The van der Waals surface area contributed by atoms with Crippen molar-refractivity contribution in [2.45, 2.75) is 161 Å². The van der Waals surface area contributed by atoms with Crippen molar-refractivity contribution in [3.8, 4) is 0 Å². The highest BCUT2D eigenvalue weighted by molar-refractivity contribution is 5.95. The summed E-state index contributed by atoms with van der Waals surface area (Å²) in [4.78, 5) is 56.7. The van der Waals surface area contributed by atoms with Crippen LogP contribution in [0.3, 0.4) is 0 Å². The molecule has 3 aliphatic rings. The molecule has 0 unspecified atom stereocenters. The summed E-state index contributed by atoms with van der Waals surface area (Å²) in [5.74, 6) is 2.39. The topological polar surface area (TPSA) is 275 Å². The van der Waals surface area contributed by atoms with Crippen LogP contribution in [0.2, 0.25) is 0 Å². The number of hydrogen-bond donors (Lipinski definition) is 8. The zero-order valence-corrected chi connectivity index (χ0v) is 47.4. The second kappa shape index (κ2) is 29.2. The third kappa shape index (κ3) is 18.2. The summed E-state index contributed by atoms with van der Waals surface area (Å²) in [7, 11) is 0. The van der Waals surface area contributed by atoms with Crippen molar-refractivity contribution in [2.75, 3.05) is 62.0 Å². The van der Waals surface area contributed by atoms with E-state index in [9.17, 15) is 14.4 Å². The second-order valence-electron chi connectivity index (χ2n) is 22.0. The van der Waals surface area contributed by atoms with Gasteiger partial charge in [0.25, 0.3) is 11.8 Å². The van der Waals surface area contributed by atoms with Gasteiger partial charge in [0.05, 0.1) is 31.3 Å². The maximum absolute atomic E-state index is 13.1. The number of nitrogens with two attached hydrogens (primary N) is 1. The Labute approximate surface area is 464 Å². The zero-order chi connectivity index (χ0) is 56.3. The first-order valence-electron chi connectivity index (χ1n) is 28.1. The van der Waals surface area contributed by atoms with Gasteiger partial charge < -0.3 is 57.2 Å². The first-order valence-corrected chi connectivity index (χ1v) is 28.1. The molecule has 2 aromatic carbocycles. The quantitative estimate of drug-likeness (QED) is 0.0280. The fraction of sp³-hybridized carbons (Fsp3) is 0.561. The van der Waals surface area contributed by atoms with Crippen LogP contribution in [0.1, 0.15) is 162 Å². The van der Waals surface area contributed by atoms with Gasteiger partial charge in [-0.3, -0.25) is 14.6 Å². The monoisotopic (exact) mass is 1090 g/mol. The lowest BCUT2D eigenvalue weighted by atomic mass is 10.1. The summed E-state index contributed by atoms with van der Waals surface area (Å²) in [6, 6.07) is 15.4. The fourth-order valence-corrected chi connectivity index (χ4v) is 9.31. The molecule has 0 saturated carbocycles. The Balaban J connectivity index is 0.000000232. The van der Waals surface area contributed by atoms with Gasteiger partial charge in [0.2, 0.25) is 17.9 Å². The molecule has 2 atom stereocenters. The van der Waals surface area contributed by atoms with Crippen LogP contribution in [0.15, 0.2) is 70.9 Å². The van der Waals surface area contributed by atoms with Crippen molar-refractivity contribution in [2.24, 2.45) is 15.7 Å². The van der Waals surface area contributed by atoms with E-state index >= 15 is 0 Å². The number of nitrogens with zero attached hydrogens (tertiary/aromatic N) is 8. The standard InChI is InChI=1S/C31H48N8O4.C26H36N8O2/c1-7-9-25(18-34-30(41)43-31(4,5)6)38-28(40)23-11-8-10-22(16-23)17-33-29(32)39-27(26(19-37-39)21(2)3)36-20-35-24-12-14-42-15-13-24;1-17(2)22-16-29-34-23(22)32-25(31-20-8-11-36-12-9-20)33-26(34)28-14-18-5-3-6-19(13-18)24(35)30-21-7-4-10-27-15-21/h8,10-11,16,19-21,24-25H,7,9,12-15,17-18H2,1-6H3,(H2,32,33)(H,34,41)(H,35,36)(H,38,40);3,5-6,13,16-17,20-21,27H,4,7-12,14-15H2,1-2H3,(H,30,35)(H2,28,31,32,33)/t25-;21-/m00/s1. The summed E-state index contributed by atoms with van der Waals surface area (Å²) in [6.07, 6.45) is 12.2. The number of fused-ring (bicyclic) bond motifs is 1. The number of piperidine rings is 1. The number of alkyl carbamates (subject to hydrolysis) is 1. The van der Waals surface area contributed by atoms with Crippen LogP contribution >= 0.6 is 0 Å². The molecule has 3 amide bonds. The van der Waals surface area contributed by atoms with E-state index in [1.54, 1.807) is 54.6 Å². The van der Waals surface area contributed by atoms with E-state index in [-0.39, 0.29) is 66.9 Å². The third-order valence-electron chi connectivity index (χ3n) is 13.6. The first-order chi connectivity index (χ1) is 38.0. The van der Waals surface area contributed by atoms with Gasteiger partial charge in [0, 0.05) is 86.4 Å². The molecule has 3 fully saturated rings. The molecular weight excluding hydrogens is 1000 g/mol. The summed E-state index contributed by atoms with van der Waals surface area (Å²) < 4.78 is 19.5. The minimum atomic E-state index is -0.592. The van der Waals surface area contributed by atoms with Crippen LogP contribution < -0.4 is 43.0 Å². The number of rotatable bonds is 20. The van der Waals surface area contributed by atoms with Gasteiger partial charge in [-0.25, -0.2) is 9.79 Å². The molecule has 0 radical (unpaired) electrons. The van der Waals surface area contributed by atoms with Crippen LogP contribution in [0, 0.1) is 0 Å². The molecule has 8 rings (SSSR count). The lowest BCUT2D eigenvalue weighted by Gasteiger charge is -2.24. The highest BCUT2D eigenvalue weighted by Crippen LogP contribution is 2.25. The van der Waals surface area contributed by atoms with Crippen LogP contribution in [-0.2, 0) is 27.3 Å². The van der Waals surface area contributed by atoms with Gasteiger partial charge in [-0.05, 0) is 119 Å². The Kier molecular flexibility index (Phi) is 22.0. The highest BCUT2D eigenvalue weighted by atomic mass is 16.6. The second-order valence-corrected chi connectivity index (χ2v) is 22.0. The van der Waals surface area contributed by atoms with E-state index in [0.29, 0.717) is 36.0 Å². The van der Waals surface area contributed by atoms with Crippen molar-refractivity contribution in [3.63, 3.8) is 0 Å². The summed E-state index contributed by atoms with van der Waals surface area (Å²) in [5, 5.41) is 31.5. The maximum Gasteiger partial charge on any atom is 0.407 e. The number of amides is 3. The molecule has 22 heteroatoms. The van der Waals surface area contributed by atoms with Crippen LogP contribution in [0.5, 0.6) is 0 Å². The molecule has 3 saturated heterocycles. The summed E-state index contributed by atoms with van der Waals surface area (Å²) in [5.41, 5.74) is 11.6. The number of ether oxygens (including phenoxy) is 3. The normalized spacial score (nSPS) is 17.0. The molecule has 0 spiro atoms. The fourth-order valence-electron chi connectivity index (χ4n) is 9.31. The zero-order valence-electron chi connectivity index (χ0n) is 47.4. The number of hydrogen-bond acceptors (Lipinski definition) is 15. The predicted octanol–water partition coefficient (Wildman–Crippen LogP) is 7.34. The first kappa shape index (κ1) is 59.5. The van der Waals surface area contributed by atoms with E-state index in [1.165, 1.54) is 0 Å². The minimum absolute atomic E-state index is 0.0356. The average Bonchev–Trinajstić information content (AvgIpc) is 4.22. The molecule has 79 heavy (non-hydrogen) atoms. The van der Waals surface area contributed by atoms with Gasteiger partial charge >= 0.3 is 6.09 Å². The molecule has 3 aliphatic heterocycles. The lowest BCUT2D eigenvalue weighted by molar-refractivity contribution is 0.0518. The Hall–Kier alpha value is -7.17. The van der Waals surface area contributed by atoms with Crippen molar-refractivity contribution in [1.82, 2.24) is 50.6 Å². The van der Waals surface area contributed by atoms with Gasteiger partial charge in [0.15, 0.2) is 5.65 Å². The van der Waals surface area contributed by atoms with Crippen molar-refractivity contribution < 1.29 is 28.6 Å². The SMILES string of the molecule is CC(C)c1cnn2c(NCc3cccc(C(=O)N[C@H]4CCCNC4)c3)nc(NC3CCOCC3)nc12.CCC[C@@H](CNC(=O)OC(C)(C)C)NC(=O)c1cccc(CN=C(N)n2ncc(C(C)C)c2NC=NC2CCOCC2)c1. The number of carbonyl (C=O) groups is 3. The molecule has 22 nitrogen and oxygen atoms in total. The molecular formula is C57H84N16O6. The van der Waals surface area contributed by atoms with Crippen molar-refractivity contribution in [1.29, 1.82) is 0 Å². The average molecular weight is 1090 g/mol. The molecule has 5 aromatic rings. The smallest absolute Gasteiger partial charge is 0.407 e. The van der Waals surface area contributed by atoms with Crippen molar-refractivity contribution >= 4 is 53.6 Å².